The van der Waals surface area contributed by atoms with E-state index in [2.05, 4.69) is 0 Å². The monoisotopic (exact) mass is 474 g/mol. The molecule has 2 aromatic rings. The van der Waals surface area contributed by atoms with Crippen molar-refractivity contribution in [3.05, 3.63) is 45.9 Å². The van der Waals surface area contributed by atoms with Crippen molar-refractivity contribution in [1.82, 2.24) is 19.4 Å². The van der Waals surface area contributed by atoms with Crippen LogP contribution in [0.4, 0.5) is 4.79 Å². The average molecular weight is 475 g/mol. The lowest BCUT2D eigenvalue weighted by atomic mass is 10.2. The third kappa shape index (κ3) is 4.80. The maximum Gasteiger partial charge on any atom is 0.409 e. The third-order valence-corrected chi connectivity index (χ3v) is 7.47. The minimum Gasteiger partial charge on any atom is -0.450 e. The molecule has 170 valence electrons. The van der Waals surface area contributed by atoms with E-state index in [1.165, 1.54) is 11.8 Å². The summed E-state index contributed by atoms with van der Waals surface area (Å²) in [5.74, 6) is 1.01. The number of carbonyl (C=O) groups is 2. The molecule has 1 aromatic heterocycles. The highest BCUT2D eigenvalue weighted by molar-refractivity contribution is 8.00. The molecule has 2 aliphatic rings. The lowest BCUT2D eigenvalue weighted by Gasteiger charge is -2.34. The van der Waals surface area contributed by atoms with Crippen LogP contribution in [0, 0.1) is 6.92 Å². The van der Waals surface area contributed by atoms with E-state index in [1.807, 2.05) is 31.2 Å². The first kappa shape index (κ1) is 22.7. The van der Waals surface area contributed by atoms with Gasteiger partial charge in [0, 0.05) is 38.4 Å². The van der Waals surface area contributed by atoms with Crippen LogP contribution >= 0.6 is 23.5 Å². The summed E-state index contributed by atoms with van der Waals surface area (Å²) >= 11 is 2.83. The number of aromatic nitrogens is 2. The maximum atomic E-state index is 13.2. The smallest absolute Gasteiger partial charge is 0.409 e. The molecule has 2 amide bonds. The Morgan fingerprint density at radius 2 is 1.81 bits per heavy atom. The number of benzene rings is 1. The molecule has 4 rings (SSSR count). The fourth-order valence-electron chi connectivity index (χ4n) is 3.68. The van der Waals surface area contributed by atoms with E-state index in [0.29, 0.717) is 42.8 Å². The molecule has 1 fully saturated rings. The van der Waals surface area contributed by atoms with Crippen LogP contribution in [0.15, 0.2) is 39.1 Å². The Morgan fingerprint density at radius 1 is 1.12 bits per heavy atom. The van der Waals surface area contributed by atoms with Crippen LogP contribution in [0.5, 0.6) is 0 Å². The molecule has 0 spiro atoms. The number of fused-ring (bicyclic) bond motifs is 1. The molecule has 8 nitrogen and oxygen atoms in total. The summed E-state index contributed by atoms with van der Waals surface area (Å²) < 4.78 is 6.65. The van der Waals surface area contributed by atoms with E-state index in [1.54, 1.807) is 33.1 Å². The summed E-state index contributed by atoms with van der Waals surface area (Å²) in [6.07, 6.45) is 0.428. The molecule has 0 bridgehead atoms. The lowest BCUT2D eigenvalue weighted by molar-refractivity contribution is -0.129. The molecule has 3 heterocycles. The summed E-state index contributed by atoms with van der Waals surface area (Å²) in [7, 11) is 0. The van der Waals surface area contributed by atoms with Gasteiger partial charge in [0.1, 0.15) is 0 Å². The highest BCUT2D eigenvalue weighted by atomic mass is 32.2. The minimum atomic E-state index is -0.337. The topological polar surface area (TPSA) is 84.7 Å². The second-order valence-corrected chi connectivity index (χ2v) is 9.65. The third-order valence-electron chi connectivity index (χ3n) is 5.44. The van der Waals surface area contributed by atoms with Crippen LogP contribution in [0.2, 0.25) is 0 Å². The number of amides is 2. The Morgan fingerprint density at radius 3 is 2.50 bits per heavy atom. The van der Waals surface area contributed by atoms with Gasteiger partial charge in [0.2, 0.25) is 5.91 Å². The van der Waals surface area contributed by atoms with E-state index in [9.17, 15) is 14.4 Å². The van der Waals surface area contributed by atoms with Crippen molar-refractivity contribution < 1.29 is 14.3 Å². The molecule has 10 heteroatoms. The molecule has 0 radical (unpaired) electrons. The zero-order chi connectivity index (χ0) is 22.7. The summed E-state index contributed by atoms with van der Waals surface area (Å²) in [6.45, 7) is 5.96. The van der Waals surface area contributed by atoms with Crippen molar-refractivity contribution >= 4 is 35.5 Å². The van der Waals surface area contributed by atoms with Gasteiger partial charge in [0.15, 0.2) is 5.16 Å². The quantitative estimate of drug-likeness (QED) is 0.486. The van der Waals surface area contributed by atoms with Gasteiger partial charge in [-0.2, -0.15) is 0 Å². The van der Waals surface area contributed by atoms with E-state index in [0.717, 1.165) is 29.1 Å². The number of aryl methyl sites for hydroxylation is 2. The van der Waals surface area contributed by atoms with Crippen LogP contribution in [0.1, 0.15) is 18.2 Å². The summed E-state index contributed by atoms with van der Waals surface area (Å²) in [6, 6.07) is 7.74. The molecule has 0 unspecified atom stereocenters. The normalized spacial score (nSPS) is 15.6. The number of thioether (sulfide) groups is 2. The number of nitrogens with zero attached hydrogens (tertiary/aromatic N) is 4. The number of hydrogen-bond donors (Lipinski definition) is 0. The van der Waals surface area contributed by atoms with E-state index in [-0.39, 0.29) is 23.3 Å². The Kier molecular flexibility index (Phi) is 7.10. The van der Waals surface area contributed by atoms with Gasteiger partial charge in [-0.15, -0.1) is 11.8 Å². The second-order valence-electron chi connectivity index (χ2n) is 7.60. The van der Waals surface area contributed by atoms with Gasteiger partial charge >= 0.3 is 6.09 Å². The van der Waals surface area contributed by atoms with Crippen molar-refractivity contribution in [2.24, 2.45) is 0 Å². The van der Waals surface area contributed by atoms with Crippen molar-refractivity contribution in [3.63, 3.8) is 0 Å². The van der Waals surface area contributed by atoms with Crippen LogP contribution < -0.4 is 5.56 Å². The van der Waals surface area contributed by atoms with Gasteiger partial charge in [-0.1, -0.05) is 29.5 Å². The Hall–Kier alpha value is -2.46. The molecule has 32 heavy (non-hydrogen) atoms. The zero-order valence-corrected chi connectivity index (χ0v) is 19.8. The van der Waals surface area contributed by atoms with Crippen molar-refractivity contribution in [3.8, 4) is 5.69 Å². The van der Waals surface area contributed by atoms with Gasteiger partial charge < -0.3 is 14.5 Å². The van der Waals surface area contributed by atoms with Crippen molar-refractivity contribution in [2.75, 3.05) is 44.3 Å². The van der Waals surface area contributed by atoms with Gasteiger partial charge in [-0.3, -0.25) is 14.2 Å². The van der Waals surface area contributed by atoms with E-state index in [4.69, 9.17) is 9.72 Å². The first-order chi connectivity index (χ1) is 15.5. The van der Waals surface area contributed by atoms with Gasteiger partial charge in [-0.25, -0.2) is 9.78 Å². The number of piperazine rings is 1. The molecule has 2 aliphatic heterocycles. The van der Waals surface area contributed by atoms with Crippen LogP contribution in [0.3, 0.4) is 0 Å². The number of ether oxygens (including phenoxy) is 1. The molecule has 0 N–H and O–H groups in total. The number of hydrogen-bond acceptors (Lipinski definition) is 7. The standard InChI is InChI=1S/C22H26N4O4S2/c1-3-30-22(29)25-11-9-24(10-12-25)18(27)14-32-21-23-17-8-13-31-19(17)20(28)26(21)16-6-4-15(2)5-7-16/h4-7H,3,8-14H2,1-2H3. The molecular formula is C22H26N4O4S2. The first-order valence-corrected chi connectivity index (χ1v) is 12.6. The van der Waals surface area contributed by atoms with E-state index < -0.39 is 0 Å². The highest BCUT2D eigenvalue weighted by Gasteiger charge is 2.26. The maximum absolute atomic E-state index is 13.2. The molecule has 1 aromatic carbocycles. The van der Waals surface area contributed by atoms with Crippen LogP contribution in [-0.2, 0) is 16.0 Å². The molecule has 0 aliphatic carbocycles. The lowest BCUT2D eigenvalue weighted by Crippen LogP contribution is -2.51. The predicted molar refractivity (Wildman–Crippen MR) is 125 cm³/mol. The van der Waals surface area contributed by atoms with Gasteiger partial charge in [0.25, 0.3) is 5.56 Å². The van der Waals surface area contributed by atoms with Crippen LogP contribution in [-0.4, -0.2) is 75.6 Å². The Bertz CT molecular complexity index is 1060. The largest absolute Gasteiger partial charge is 0.450 e. The zero-order valence-electron chi connectivity index (χ0n) is 18.2. The molecule has 0 atom stereocenters. The SMILES string of the molecule is CCOC(=O)N1CCN(C(=O)CSc2nc3c(c(=O)n2-c2ccc(C)cc2)SCC3)CC1. The summed E-state index contributed by atoms with van der Waals surface area (Å²) in [5, 5.41) is 0.540. The first-order valence-electron chi connectivity index (χ1n) is 10.7. The van der Waals surface area contributed by atoms with Gasteiger partial charge in [0.05, 0.1) is 28.6 Å². The Balaban J connectivity index is 1.48. The Labute approximate surface area is 195 Å². The molecule has 0 saturated carbocycles. The van der Waals surface area contributed by atoms with Gasteiger partial charge in [-0.05, 0) is 26.0 Å². The average Bonchev–Trinajstić information content (AvgIpc) is 3.28. The fraction of sp³-hybridized carbons (Fsp3) is 0.455. The molecular weight excluding hydrogens is 448 g/mol. The van der Waals surface area contributed by atoms with Crippen molar-refractivity contribution in [1.29, 1.82) is 0 Å². The highest BCUT2D eigenvalue weighted by Crippen LogP contribution is 2.30. The fourth-order valence-corrected chi connectivity index (χ4v) is 5.64. The number of rotatable bonds is 5. The summed E-state index contributed by atoms with van der Waals surface area (Å²) in [4.78, 5) is 46.7. The minimum absolute atomic E-state index is 0.0295. The van der Waals surface area contributed by atoms with E-state index >= 15 is 0 Å². The summed E-state index contributed by atoms with van der Waals surface area (Å²) in [5.41, 5.74) is 2.61. The predicted octanol–water partition coefficient (Wildman–Crippen LogP) is 2.58. The van der Waals surface area contributed by atoms with Crippen molar-refractivity contribution in [2.45, 2.75) is 30.3 Å². The molecule has 1 saturated heterocycles. The number of carbonyl (C=O) groups excluding carboxylic acids is 2. The van der Waals surface area contributed by atoms with Crippen LogP contribution in [0.25, 0.3) is 5.69 Å². The second kappa shape index (κ2) is 9.99.